The molecule has 0 radical (unpaired) electrons. The van der Waals surface area contributed by atoms with Gasteiger partial charge in [0, 0.05) is 18.0 Å². The molecule has 3 rings (SSSR count). The molecule has 1 heterocycles. The van der Waals surface area contributed by atoms with Gasteiger partial charge >= 0.3 is 0 Å². The molecule has 100 valence electrons. The van der Waals surface area contributed by atoms with Crippen LogP contribution in [0.2, 0.25) is 0 Å². The molecule has 1 aromatic rings. The fourth-order valence-electron chi connectivity index (χ4n) is 2.83. The summed E-state index contributed by atoms with van der Waals surface area (Å²) >= 11 is 0. The fourth-order valence-corrected chi connectivity index (χ4v) is 2.83. The van der Waals surface area contributed by atoms with Crippen LogP contribution in [0.5, 0.6) is 0 Å². The van der Waals surface area contributed by atoms with Gasteiger partial charge in [0.05, 0.1) is 6.67 Å². The maximum atomic E-state index is 13.3. The highest BCUT2D eigenvalue weighted by Crippen LogP contribution is 2.37. The average Bonchev–Trinajstić information content (AvgIpc) is 2.99. The summed E-state index contributed by atoms with van der Waals surface area (Å²) in [6.07, 6.45) is 6.96. The zero-order valence-electron chi connectivity index (χ0n) is 10.5. The molecular weight excluding hydrogens is 246 g/mol. The third-order valence-corrected chi connectivity index (χ3v) is 3.68. The fraction of sp³-hybridized carbons (Fsp3) is 0.333. The van der Waals surface area contributed by atoms with E-state index in [1.165, 1.54) is 12.1 Å². The van der Waals surface area contributed by atoms with E-state index in [1.54, 1.807) is 0 Å². The van der Waals surface area contributed by atoms with E-state index in [0.717, 1.165) is 43.3 Å². The lowest BCUT2D eigenvalue weighted by Gasteiger charge is -2.16. The highest BCUT2D eigenvalue weighted by molar-refractivity contribution is 5.69. The summed E-state index contributed by atoms with van der Waals surface area (Å²) in [5.41, 5.74) is 2.90. The second-order valence-electron chi connectivity index (χ2n) is 5.02. The Morgan fingerprint density at radius 1 is 1.16 bits per heavy atom. The van der Waals surface area contributed by atoms with E-state index < -0.39 is 11.6 Å². The monoisotopic (exact) mass is 262 g/mol. The number of hydrogen-bond acceptors (Lipinski definition) is 2. The molecule has 0 saturated heterocycles. The Hall–Kier alpha value is -1.84. The molecule has 1 aromatic carbocycles. The molecule has 0 bridgehead atoms. The molecule has 1 unspecified atom stereocenters. The Morgan fingerprint density at radius 2 is 1.95 bits per heavy atom. The van der Waals surface area contributed by atoms with Crippen LogP contribution < -0.4 is 10.6 Å². The van der Waals surface area contributed by atoms with E-state index in [-0.39, 0.29) is 0 Å². The molecule has 2 aliphatic rings. The van der Waals surface area contributed by atoms with Crippen molar-refractivity contribution < 1.29 is 8.78 Å². The first-order chi connectivity index (χ1) is 9.22. The van der Waals surface area contributed by atoms with Gasteiger partial charge in [0.15, 0.2) is 0 Å². The quantitative estimate of drug-likeness (QED) is 0.874. The molecule has 0 spiro atoms. The number of allylic oxidation sites excluding steroid dienone is 3. The van der Waals surface area contributed by atoms with Crippen molar-refractivity contribution in [2.45, 2.75) is 19.3 Å². The Labute approximate surface area is 111 Å². The Kier molecular flexibility index (Phi) is 3.23. The Balaban J connectivity index is 1.82. The Bertz CT molecular complexity index is 529. The molecule has 0 saturated carbocycles. The van der Waals surface area contributed by atoms with E-state index in [4.69, 9.17) is 0 Å². The van der Waals surface area contributed by atoms with Gasteiger partial charge in [0.25, 0.3) is 0 Å². The predicted octanol–water partition coefficient (Wildman–Crippen LogP) is 3.14. The number of hydrogen-bond donors (Lipinski definition) is 2. The minimum Gasteiger partial charge on any atom is -0.372 e. The van der Waals surface area contributed by atoms with Crippen LogP contribution in [0, 0.1) is 17.6 Å². The van der Waals surface area contributed by atoms with Crippen molar-refractivity contribution in [1.82, 2.24) is 10.6 Å². The van der Waals surface area contributed by atoms with Crippen molar-refractivity contribution in [2.75, 3.05) is 6.67 Å². The lowest BCUT2D eigenvalue weighted by molar-refractivity contribution is 0.580. The van der Waals surface area contributed by atoms with E-state index in [2.05, 4.69) is 16.7 Å². The molecular formula is C15H16F2N2. The van der Waals surface area contributed by atoms with Crippen molar-refractivity contribution in [2.24, 2.45) is 5.92 Å². The van der Waals surface area contributed by atoms with Gasteiger partial charge in [0.1, 0.15) is 11.6 Å². The zero-order valence-corrected chi connectivity index (χ0v) is 10.5. The third kappa shape index (κ3) is 2.62. The van der Waals surface area contributed by atoms with E-state index >= 15 is 0 Å². The minimum atomic E-state index is -0.513. The summed E-state index contributed by atoms with van der Waals surface area (Å²) in [7, 11) is 0. The molecule has 2 nitrogen and oxygen atoms in total. The molecule has 1 atom stereocenters. The maximum absolute atomic E-state index is 13.3. The number of benzene rings is 1. The van der Waals surface area contributed by atoms with Crippen LogP contribution in [0.3, 0.4) is 0 Å². The molecule has 0 aromatic heterocycles. The van der Waals surface area contributed by atoms with Crippen LogP contribution >= 0.6 is 0 Å². The van der Waals surface area contributed by atoms with Gasteiger partial charge in [-0.3, -0.25) is 0 Å². The molecule has 1 aliphatic heterocycles. The van der Waals surface area contributed by atoms with Gasteiger partial charge in [-0.1, -0.05) is 6.08 Å². The second-order valence-corrected chi connectivity index (χ2v) is 5.02. The van der Waals surface area contributed by atoms with Gasteiger partial charge in [-0.25, -0.2) is 8.78 Å². The first-order valence-electron chi connectivity index (χ1n) is 6.55. The van der Waals surface area contributed by atoms with Crippen molar-refractivity contribution in [3.63, 3.8) is 0 Å². The van der Waals surface area contributed by atoms with Gasteiger partial charge in [-0.05, 0) is 48.4 Å². The topological polar surface area (TPSA) is 24.1 Å². The van der Waals surface area contributed by atoms with Crippen LogP contribution in [-0.2, 0) is 0 Å². The highest BCUT2D eigenvalue weighted by Gasteiger charge is 2.23. The summed E-state index contributed by atoms with van der Waals surface area (Å²) in [5.74, 6) is -0.692. The SMILES string of the molecule is Fc1cc(F)cc(C2=CCCC2CC2=CNCN2)c1. The van der Waals surface area contributed by atoms with E-state index in [1.807, 2.05) is 6.20 Å². The summed E-state index contributed by atoms with van der Waals surface area (Å²) in [6.45, 7) is 0.760. The van der Waals surface area contributed by atoms with Crippen LogP contribution in [0.15, 0.2) is 36.2 Å². The van der Waals surface area contributed by atoms with Crippen molar-refractivity contribution in [3.05, 3.63) is 53.4 Å². The lowest BCUT2D eigenvalue weighted by atomic mass is 9.91. The summed E-state index contributed by atoms with van der Waals surface area (Å²) < 4.78 is 26.6. The van der Waals surface area contributed by atoms with Crippen LogP contribution in [-0.4, -0.2) is 6.67 Å². The summed E-state index contributed by atoms with van der Waals surface area (Å²) in [4.78, 5) is 0. The largest absolute Gasteiger partial charge is 0.372 e. The van der Waals surface area contributed by atoms with E-state index in [0.29, 0.717) is 11.5 Å². The standard InChI is InChI=1S/C15H16F2N2/c16-12-4-11(5-13(17)7-12)15-3-1-2-10(15)6-14-8-18-9-19-14/h3-5,7-8,10,18-19H,1-2,6,9H2. The first-order valence-corrected chi connectivity index (χ1v) is 6.55. The number of rotatable bonds is 3. The lowest BCUT2D eigenvalue weighted by Crippen LogP contribution is -2.15. The van der Waals surface area contributed by atoms with Crippen molar-refractivity contribution in [1.29, 1.82) is 0 Å². The Morgan fingerprint density at radius 3 is 2.63 bits per heavy atom. The normalized spacial score (nSPS) is 21.7. The highest BCUT2D eigenvalue weighted by atomic mass is 19.1. The number of halogens is 2. The second kappa shape index (κ2) is 5.03. The zero-order chi connectivity index (χ0) is 13.2. The first kappa shape index (κ1) is 12.2. The van der Waals surface area contributed by atoms with Crippen molar-refractivity contribution in [3.8, 4) is 0 Å². The minimum absolute atomic E-state index is 0.333. The maximum Gasteiger partial charge on any atom is 0.126 e. The smallest absolute Gasteiger partial charge is 0.126 e. The van der Waals surface area contributed by atoms with Crippen LogP contribution in [0.25, 0.3) is 5.57 Å². The van der Waals surface area contributed by atoms with Crippen LogP contribution in [0.4, 0.5) is 8.78 Å². The van der Waals surface area contributed by atoms with Gasteiger partial charge in [-0.2, -0.15) is 0 Å². The average molecular weight is 262 g/mol. The van der Waals surface area contributed by atoms with Crippen molar-refractivity contribution >= 4 is 5.57 Å². The number of nitrogens with one attached hydrogen (secondary N) is 2. The molecule has 0 fully saturated rings. The van der Waals surface area contributed by atoms with Crippen LogP contribution in [0.1, 0.15) is 24.8 Å². The van der Waals surface area contributed by atoms with Gasteiger partial charge in [-0.15, -0.1) is 0 Å². The van der Waals surface area contributed by atoms with Gasteiger partial charge in [0.2, 0.25) is 0 Å². The summed E-state index contributed by atoms with van der Waals surface area (Å²) in [5, 5.41) is 6.36. The molecule has 4 heteroatoms. The molecule has 1 aliphatic carbocycles. The predicted molar refractivity (Wildman–Crippen MR) is 70.9 cm³/mol. The summed E-state index contributed by atoms with van der Waals surface area (Å²) in [6, 6.07) is 3.75. The molecule has 2 N–H and O–H groups in total. The van der Waals surface area contributed by atoms with E-state index in [9.17, 15) is 8.78 Å². The third-order valence-electron chi connectivity index (χ3n) is 3.68. The van der Waals surface area contributed by atoms with Gasteiger partial charge < -0.3 is 10.6 Å². The molecule has 0 amide bonds. The molecule has 19 heavy (non-hydrogen) atoms.